The van der Waals surface area contributed by atoms with E-state index < -0.39 is 9.05 Å². The van der Waals surface area contributed by atoms with Gasteiger partial charge in [0.15, 0.2) is 0 Å². The molecule has 0 spiro atoms. The van der Waals surface area contributed by atoms with Crippen molar-refractivity contribution >= 4 is 37.0 Å². The van der Waals surface area contributed by atoms with Gasteiger partial charge < -0.3 is 5.32 Å². The fourth-order valence-corrected chi connectivity index (χ4v) is 4.55. The lowest BCUT2D eigenvalue weighted by Gasteiger charge is -2.26. The molecule has 1 aliphatic carbocycles. The Labute approximate surface area is 127 Å². The highest BCUT2D eigenvalue weighted by Gasteiger charge is 2.20. The van der Waals surface area contributed by atoms with Crippen molar-refractivity contribution < 1.29 is 13.2 Å². The van der Waals surface area contributed by atoms with Crippen LogP contribution in [0, 0.1) is 5.92 Å². The van der Waals surface area contributed by atoms with Crippen LogP contribution in [0.25, 0.3) is 0 Å². The number of thiophene rings is 1. The number of hydrogen-bond acceptors (Lipinski definition) is 4. The Morgan fingerprint density at radius 3 is 2.55 bits per heavy atom. The fourth-order valence-electron chi connectivity index (χ4n) is 2.43. The van der Waals surface area contributed by atoms with Crippen molar-refractivity contribution in [2.24, 2.45) is 5.92 Å². The molecule has 1 N–H and O–H groups in total. The normalized spacial score (nSPS) is 23.5. The van der Waals surface area contributed by atoms with Crippen LogP contribution in [0.3, 0.4) is 0 Å². The highest BCUT2D eigenvalue weighted by molar-refractivity contribution is 8.15. The molecule has 20 heavy (non-hydrogen) atoms. The van der Waals surface area contributed by atoms with E-state index in [-0.39, 0.29) is 22.6 Å². The topological polar surface area (TPSA) is 63.2 Å². The number of nitrogens with one attached hydrogen (secondary N) is 1. The Kier molecular flexibility index (Phi) is 5.09. The number of amides is 1. The smallest absolute Gasteiger partial charge is 0.270 e. The molecule has 1 aliphatic rings. The van der Waals surface area contributed by atoms with Crippen molar-refractivity contribution in [1.29, 1.82) is 0 Å². The number of rotatable bonds is 4. The second-order valence-corrected chi connectivity index (χ2v) is 9.32. The van der Waals surface area contributed by atoms with Gasteiger partial charge in [-0.3, -0.25) is 4.79 Å². The molecule has 1 saturated carbocycles. The van der Waals surface area contributed by atoms with E-state index in [9.17, 15) is 13.2 Å². The Morgan fingerprint density at radius 2 is 2.00 bits per heavy atom. The van der Waals surface area contributed by atoms with Crippen LogP contribution in [0.1, 0.15) is 37.5 Å². The Morgan fingerprint density at radius 1 is 1.35 bits per heavy atom. The predicted molar refractivity (Wildman–Crippen MR) is 80.6 cm³/mol. The van der Waals surface area contributed by atoms with Crippen molar-refractivity contribution in [1.82, 2.24) is 5.32 Å². The van der Waals surface area contributed by atoms with Gasteiger partial charge in [-0.1, -0.05) is 6.92 Å². The summed E-state index contributed by atoms with van der Waals surface area (Å²) in [7, 11) is 1.57. The van der Waals surface area contributed by atoms with Gasteiger partial charge in [0.25, 0.3) is 9.05 Å². The maximum absolute atomic E-state index is 11.9. The summed E-state index contributed by atoms with van der Waals surface area (Å²) in [5, 5.41) is 3.02. The molecule has 2 rings (SSSR count). The van der Waals surface area contributed by atoms with Gasteiger partial charge in [-0.25, -0.2) is 8.42 Å². The summed E-state index contributed by atoms with van der Waals surface area (Å²) >= 11 is 1.05. The molecule has 4 nitrogen and oxygen atoms in total. The second-order valence-electron chi connectivity index (χ2n) is 5.36. The molecule has 7 heteroatoms. The van der Waals surface area contributed by atoms with Crippen LogP contribution in [0.4, 0.5) is 0 Å². The van der Waals surface area contributed by atoms with Gasteiger partial charge in [-0.05, 0) is 43.7 Å². The zero-order valence-electron chi connectivity index (χ0n) is 11.3. The Bertz CT molecular complexity index is 574. The highest BCUT2D eigenvalue weighted by atomic mass is 35.7. The lowest BCUT2D eigenvalue weighted by Crippen LogP contribution is -2.38. The van der Waals surface area contributed by atoms with Gasteiger partial charge in [0.1, 0.15) is 4.21 Å². The second kappa shape index (κ2) is 6.45. The van der Waals surface area contributed by atoms with Crippen LogP contribution in [0.5, 0.6) is 0 Å². The summed E-state index contributed by atoms with van der Waals surface area (Å²) in [6.45, 7) is 2.23. The van der Waals surface area contributed by atoms with E-state index in [0.717, 1.165) is 42.9 Å². The molecule has 1 heterocycles. The van der Waals surface area contributed by atoms with E-state index in [4.69, 9.17) is 10.7 Å². The van der Waals surface area contributed by atoms with Gasteiger partial charge >= 0.3 is 0 Å². The zero-order valence-corrected chi connectivity index (χ0v) is 13.7. The quantitative estimate of drug-likeness (QED) is 0.860. The lowest BCUT2D eigenvalue weighted by atomic mass is 9.87. The number of halogens is 1. The first-order valence-electron chi connectivity index (χ1n) is 6.67. The first kappa shape index (κ1) is 15.8. The highest BCUT2D eigenvalue weighted by Crippen LogP contribution is 2.26. The molecule has 0 atom stereocenters. The largest absolute Gasteiger partial charge is 0.353 e. The molecular weight excluding hydrogens is 318 g/mol. The summed E-state index contributed by atoms with van der Waals surface area (Å²) < 4.78 is 22.4. The molecule has 0 bridgehead atoms. The standard InChI is InChI=1S/C13H18ClNO3S2/c1-9-2-4-10(5-3-9)15-12(16)8-11-6-7-13(19-11)20(14,17)18/h6-7,9-10H,2-5,8H2,1H3,(H,15,16). The number of hydrogen-bond donors (Lipinski definition) is 1. The third-order valence-electron chi connectivity index (χ3n) is 3.59. The monoisotopic (exact) mass is 335 g/mol. The maximum atomic E-state index is 11.9. The van der Waals surface area contributed by atoms with Crippen LogP contribution in [-0.4, -0.2) is 20.4 Å². The van der Waals surface area contributed by atoms with E-state index in [1.807, 2.05) is 0 Å². The molecule has 0 radical (unpaired) electrons. The third kappa shape index (κ3) is 4.46. The SMILES string of the molecule is CC1CCC(NC(=O)Cc2ccc(S(=O)(=O)Cl)s2)CC1. The van der Waals surface area contributed by atoms with Crippen LogP contribution in [0.2, 0.25) is 0 Å². The van der Waals surface area contributed by atoms with E-state index in [0.29, 0.717) is 4.88 Å². The molecule has 0 aliphatic heterocycles. The minimum atomic E-state index is -3.69. The van der Waals surface area contributed by atoms with Crippen molar-refractivity contribution in [2.45, 2.75) is 49.3 Å². The average molecular weight is 336 g/mol. The summed E-state index contributed by atoms with van der Waals surface area (Å²) in [5.41, 5.74) is 0. The first-order chi connectivity index (χ1) is 9.34. The number of carbonyl (C=O) groups is 1. The first-order valence-corrected chi connectivity index (χ1v) is 9.80. The summed E-state index contributed by atoms with van der Waals surface area (Å²) in [4.78, 5) is 12.6. The molecule has 1 amide bonds. The zero-order chi connectivity index (χ0) is 14.8. The Balaban J connectivity index is 1.87. The number of carbonyl (C=O) groups excluding carboxylic acids is 1. The fraction of sp³-hybridized carbons (Fsp3) is 0.615. The molecular formula is C13H18ClNO3S2. The Hall–Kier alpha value is -0.590. The van der Waals surface area contributed by atoms with Crippen molar-refractivity contribution in [3.8, 4) is 0 Å². The molecule has 1 aromatic rings. The third-order valence-corrected chi connectivity index (χ3v) is 6.77. The van der Waals surface area contributed by atoms with Gasteiger partial charge in [0, 0.05) is 21.6 Å². The summed E-state index contributed by atoms with van der Waals surface area (Å²) in [5.74, 6) is 0.696. The minimum absolute atomic E-state index is 0.0510. The molecule has 0 unspecified atom stereocenters. The predicted octanol–water partition coefficient (Wildman–Crippen LogP) is 2.91. The van der Waals surface area contributed by atoms with E-state index in [1.165, 1.54) is 6.07 Å². The molecule has 0 saturated heterocycles. The van der Waals surface area contributed by atoms with Crippen LogP contribution in [-0.2, 0) is 20.3 Å². The van der Waals surface area contributed by atoms with Crippen molar-refractivity contribution in [2.75, 3.05) is 0 Å². The van der Waals surface area contributed by atoms with Gasteiger partial charge in [0.05, 0.1) is 6.42 Å². The van der Waals surface area contributed by atoms with E-state index in [2.05, 4.69) is 12.2 Å². The van der Waals surface area contributed by atoms with E-state index >= 15 is 0 Å². The summed E-state index contributed by atoms with van der Waals surface area (Å²) in [6, 6.07) is 3.34. The van der Waals surface area contributed by atoms with Gasteiger partial charge in [-0.15, -0.1) is 11.3 Å². The van der Waals surface area contributed by atoms with Crippen LogP contribution >= 0.6 is 22.0 Å². The van der Waals surface area contributed by atoms with Crippen molar-refractivity contribution in [3.63, 3.8) is 0 Å². The van der Waals surface area contributed by atoms with Crippen molar-refractivity contribution in [3.05, 3.63) is 17.0 Å². The van der Waals surface area contributed by atoms with Crippen LogP contribution < -0.4 is 5.32 Å². The molecule has 0 aromatic carbocycles. The maximum Gasteiger partial charge on any atom is 0.270 e. The summed E-state index contributed by atoms with van der Waals surface area (Å²) in [6.07, 6.45) is 4.57. The average Bonchev–Trinajstić information content (AvgIpc) is 2.80. The molecule has 1 aromatic heterocycles. The van der Waals surface area contributed by atoms with E-state index in [1.54, 1.807) is 6.07 Å². The van der Waals surface area contributed by atoms with Crippen LogP contribution in [0.15, 0.2) is 16.3 Å². The van der Waals surface area contributed by atoms with Gasteiger partial charge in [0.2, 0.25) is 5.91 Å². The molecule has 1 fully saturated rings. The van der Waals surface area contributed by atoms with Gasteiger partial charge in [-0.2, -0.15) is 0 Å². The lowest BCUT2D eigenvalue weighted by molar-refractivity contribution is -0.121. The minimum Gasteiger partial charge on any atom is -0.353 e. The molecule has 112 valence electrons.